The first-order valence-corrected chi connectivity index (χ1v) is 8.44. The van der Waals surface area contributed by atoms with Gasteiger partial charge in [-0.15, -0.1) is 0 Å². The first kappa shape index (κ1) is 13.1. The van der Waals surface area contributed by atoms with Gasteiger partial charge in [-0.05, 0) is 24.0 Å². The van der Waals surface area contributed by atoms with E-state index in [1.165, 1.54) is 11.1 Å². The lowest BCUT2D eigenvalue weighted by Crippen LogP contribution is -2.36. The Hall–Kier alpha value is -0.940. The lowest BCUT2D eigenvalue weighted by molar-refractivity contribution is -0.119. The van der Waals surface area contributed by atoms with Crippen LogP contribution in [0.4, 0.5) is 0 Å². The van der Waals surface area contributed by atoms with Gasteiger partial charge in [0.1, 0.15) is 4.38 Å². The van der Waals surface area contributed by atoms with Crippen LogP contribution in [0.15, 0.2) is 29.3 Å². The number of aliphatic imine (C=N–C) groups is 1. The Morgan fingerprint density at radius 1 is 1.37 bits per heavy atom. The summed E-state index contributed by atoms with van der Waals surface area (Å²) in [6, 6.07) is 8.70. The van der Waals surface area contributed by atoms with E-state index in [0.717, 1.165) is 29.5 Å². The summed E-state index contributed by atoms with van der Waals surface area (Å²) >= 11 is 3.31. The molecule has 0 radical (unpaired) electrons. The third-order valence-corrected chi connectivity index (χ3v) is 5.55. The molecule has 2 aliphatic rings. The van der Waals surface area contributed by atoms with Crippen molar-refractivity contribution in [2.24, 2.45) is 4.99 Å². The van der Waals surface area contributed by atoms with Crippen LogP contribution >= 0.6 is 23.5 Å². The summed E-state index contributed by atoms with van der Waals surface area (Å²) in [6.07, 6.45) is 1.92. The van der Waals surface area contributed by atoms with Gasteiger partial charge in [0.2, 0.25) is 5.91 Å². The van der Waals surface area contributed by atoms with E-state index in [-0.39, 0.29) is 11.9 Å². The molecule has 1 N–H and O–H groups in total. The van der Waals surface area contributed by atoms with E-state index in [2.05, 4.69) is 34.6 Å². The predicted molar refractivity (Wildman–Crippen MR) is 83.0 cm³/mol. The molecule has 1 aliphatic carbocycles. The molecule has 0 saturated heterocycles. The third kappa shape index (κ3) is 3.34. The molecule has 3 nitrogen and oxygen atoms in total. The van der Waals surface area contributed by atoms with Crippen LogP contribution in [0.25, 0.3) is 0 Å². The maximum absolute atomic E-state index is 11.9. The molecule has 1 aliphatic heterocycles. The number of rotatable bonds is 3. The van der Waals surface area contributed by atoms with Crippen molar-refractivity contribution >= 4 is 33.8 Å². The first-order valence-electron chi connectivity index (χ1n) is 6.47. The summed E-state index contributed by atoms with van der Waals surface area (Å²) in [7, 11) is 0. The van der Waals surface area contributed by atoms with Gasteiger partial charge in [-0.25, -0.2) is 0 Å². The van der Waals surface area contributed by atoms with Gasteiger partial charge in [-0.2, -0.15) is 0 Å². The van der Waals surface area contributed by atoms with E-state index in [9.17, 15) is 4.79 Å². The topological polar surface area (TPSA) is 41.5 Å². The van der Waals surface area contributed by atoms with E-state index >= 15 is 0 Å². The standard InChI is InChI=1S/C14H16N2OS2/c17-13(9-19-14-15-5-6-18-14)16-12-7-10-3-1-2-4-11(10)8-12/h1-4,12H,5-9H2,(H,16,17). The molecule has 1 amide bonds. The largest absolute Gasteiger partial charge is 0.352 e. The SMILES string of the molecule is O=C(CSC1=NCCS1)NC1Cc2ccccc2C1. The number of carbonyl (C=O) groups excluding carboxylic acids is 1. The fourth-order valence-corrected chi connectivity index (χ4v) is 4.28. The van der Waals surface area contributed by atoms with Crippen LogP contribution in [0.1, 0.15) is 11.1 Å². The molecular weight excluding hydrogens is 276 g/mol. The monoisotopic (exact) mass is 292 g/mol. The zero-order valence-corrected chi connectivity index (χ0v) is 12.2. The molecule has 3 rings (SSSR count). The van der Waals surface area contributed by atoms with Gasteiger partial charge in [0.05, 0.1) is 12.3 Å². The van der Waals surface area contributed by atoms with E-state index in [1.807, 2.05) is 0 Å². The molecule has 1 aromatic rings. The number of fused-ring (bicyclic) bond motifs is 1. The van der Waals surface area contributed by atoms with E-state index in [0.29, 0.717) is 5.75 Å². The van der Waals surface area contributed by atoms with E-state index < -0.39 is 0 Å². The highest BCUT2D eigenvalue weighted by Crippen LogP contribution is 2.23. The highest BCUT2D eigenvalue weighted by atomic mass is 32.2. The summed E-state index contributed by atoms with van der Waals surface area (Å²) < 4.78 is 1.06. The summed E-state index contributed by atoms with van der Waals surface area (Å²) in [5, 5.41) is 3.13. The molecular formula is C14H16N2OS2. The van der Waals surface area contributed by atoms with Gasteiger partial charge in [-0.3, -0.25) is 9.79 Å². The van der Waals surface area contributed by atoms with Crippen molar-refractivity contribution in [1.82, 2.24) is 5.32 Å². The second-order valence-electron chi connectivity index (χ2n) is 4.73. The van der Waals surface area contributed by atoms with Crippen molar-refractivity contribution in [1.29, 1.82) is 0 Å². The Morgan fingerprint density at radius 3 is 2.74 bits per heavy atom. The number of carbonyl (C=O) groups is 1. The summed E-state index contributed by atoms with van der Waals surface area (Å²) in [6.45, 7) is 0.895. The summed E-state index contributed by atoms with van der Waals surface area (Å²) in [5.74, 6) is 1.67. The summed E-state index contributed by atoms with van der Waals surface area (Å²) in [4.78, 5) is 16.2. The van der Waals surface area contributed by atoms with Gasteiger partial charge in [0, 0.05) is 11.8 Å². The smallest absolute Gasteiger partial charge is 0.230 e. The van der Waals surface area contributed by atoms with Gasteiger partial charge >= 0.3 is 0 Å². The average molecular weight is 292 g/mol. The minimum atomic E-state index is 0.123. The van der Waals surface area contributed by atoms with Crippen molar-refractivity contribution in [3.8, 4) is 0 Å². The second-order valence-corrected chi connectivity index (χ2v) is 7.03. The predicted octanol–water partition coefficient (Wildman–Crippen LogP) is 2.11. The highest BCUT2D eigenvalue weighted by Gasteiger charge is 2.22. The average Bonchev–Trinajstić information content (AvgIpc) is 3.04. The molecule has 0 saturated carbocycles. The molecule has 0 aromatic heterocycles. The Morgan fingerprint density at radius 2 is 2.11 bits per heavy atom. The minimum absolute atomic E-state index is 0.123. The molecule has 0 bridgehead atoms. The lowest BCUT2D eigenvalue weighted by Gasteiger charge is -2.11. The van der Waals surface area contributed by atoms with Gasteiger partial charge in [-0.1, -0.05) is 47.8 Å². The molecule has 1 heterocycles. The Bertz CT molecular complexity index is 491. The molecule has 100 valence electrons. The van der Waals surface area contributed by atoms with Crippen LogP contribution in [0.5, 0.6) is 0 Å². The quantitative estimate of drug-likeness (QED) is 0.927. The van der Waals surface area contributed by atoms with Crippen molar-refractivity contribution in [3.05, 3.63) is 35.4 Å². The van der Waals surface area contributed by atoms with Gasteiger partial charge in [0.25, 0.3) is 0 Å². The second kappa shape index (κ2) is 6.01. The fourth-order valence-electron chi connectivity index (χ4n) is 2.46. The van der Waals surface area contributed by atoms with Crippen LogP contribution in [0, 0.1) is 0 Å². The maximum atomic E-state index is 11.9. The van der Waals surface area contributed by atoms with Crippen molar-refractivity contribution < 1.29 is 4.79 Å². The van der Waals surface area contributed by atoms with Crippen molar-refractivity contribution in [2.75, 3.05) is 18.1 Å². The van der Waals surface area contributed by atoms with Gasteiger partial charge in [0.15, 0.2) is 0 Å². The summed E-state index contributed by atoms with van der Waals surface area (Å²) in [5.41, 5.74) is 2.74. The molecule has 5 heteroatoms. The van der Waals surface area contributed by atoms with E-state index in [1.54, 1.807) is 23.5 Å². The zero-order valence-electron chi connectivity index (χ0n) is 10.6. The zero-order chi connectivity index (χ0) is 13.1. The first-order chi connectivity index (χ1) is 9.31. The lowest BCUT2D eigenvalue weighted by atomic mass is 10.1. The highest BCUT2D eigenvalue weighted by molar-refractivity contribution is 8.39. The number of nitrogens with one attached hydrogen (secondary N) is 1. The van der Waals surface area contributed by atoms with Crippen LogP contribution in [0.3, 0.4) is 0 Å². The maximum Gasteiger partial charge on any atom is 0.230 e. The number of benzene rings is 1. The molecule has 0 unspecified atom stereocenters. The Balaban J connectivity index is 1.46. The van der Waals surface area contributed by atoms with Crippen LogP contribution in [-0.2, 0) is 17.6 Å². The van der Waals surface area contributed by atoms with Crippen molar-refractivity contribution in [3.63, 3.8) is 0 Å². The molecule has 0 fully saturated rings. The van der Waals surface area contributed by atoms with Crippen LogP contribution in [0.2, 0.25) is 0 Å². The van der Waals surface area contributed by atoms with Crippen LogP contribution in [-0.4, -0.2) is 34.4 Å². The van der Waals surface area contributed by atoms with Crippen LogP contribution < -0.4 is 5.32 Å². The van der Waals surface area contributed by atoms with E-state index in [4.69, 9.17) is 0 Å². The number of amides is 1. The molecule has 0 atom stereocenters. The molecule has 19 heavy (non-hydrogen) atoms. The minimum Gasteiger partial charge on any atom is -0.352 e. The number of thioether (sulfide) groups is 2. The Labute approximate surface area is 121 Å². The number of hydrogen-bond acceptors (Lipinski definition) is 4. The molecule has 0 spiro atoms. The third-order valence-electron chi connectivity index (χ3n) is 3.30. The fraction of sp³-hybridized carbons (Fsp3) is 0.429. The molecule has 1 aromatic carbocycles. The van der Waals surface area contributed by atoms with Crippen molar-refractivity contribution in [2.45, 2.75) is 18.9 Å². The number of hydrogen-bond donors (Lipinski definition) is 1. The normalized spacial score (nSPS) is 18.2. The number of nitrogens with zero attached hydrogens (tertiary/aromatic N) is 1. The Kier molecular flexibility index (Phi) is 4.13. The van der Waals surface area contributed by atoms with Gasteiger partial charge < -0.3 is 5.32 Å².